The Balaban J connectivity index is 1.22. The topological polar surface area (TPSA) is 163 Å². The van der Waals surface area contributed by atoms with Gasteiger partial charge in [-0.05, 0) is 80.5 Å². The van der Waals surface area contributed by atoms with Crippen molar-refractivity contribution in [2.45, 2.75) is 162 Å². The van der Waals surface area contributed by atoms with Crippen molar-refractivity contribution in [2.24, 2.45) is 39.2 Å². The Morgan fingerprint density at radius 1 is 0.849 bits per heavy atom. The van der Waals surface area contributed by atoms with Crippen LogP contribution in [0.15, 0.2) is 0 Å². The number of nitrogens with one attached hydrogen (secondary N) is 3. The van der Waals surface area contributed by atoms with E-state index in [4.69, 9.17) is 10.5 Å². The molecule has 0 aromatic heterocycles. The molecule has 0 radical (unpaired) electrons. The Morgan fingerprint density at radius 3 is 2.06 bits per heavy atom. The third-order valence-electron chi connectivity index (χ3n) is 15.0. The number of ether oxygens (including phenoxy) is 1. The highest BCUT2D eigenvalue weighted by Gasteiger charge is 2.85. The maximum atomic E-state index is 15.0. The quantitative estimate of drug-likeness (QED) is 0.217. The number of urea groups is 1. The van der Waals surface area contributed by atoms with Gasteiger partial charge in [0, 0.05) is 37.6 Å². The molecule has 2 saturated heterocycles. The van der Waals surface area contributed by atoms with Gasteiger partial charge in [0.25, 0.3) is 5.91 Å². The molecule has 6 rings (SSSR count). The van der Waals surface area contributed by atoms with E-state index < -0.39 is 41.1 Å². The molecule has 53 heavy (non-hydrogen) atoms. The largest absolute Gasteiger partial charge is 0.373 e. The lowest BCUT2D eigenvalue weighted by Gasteiger charge is -2.42. The first-order valence-electron chi connectivity index (χ1n) is 20.7. The predicted molar refractivity (Wildman–Crippen MR) is 202 cm³/mol. The molecule has 4 saturated carbocycles. The molecule has 5 atom stereocenters. The number of likely N-dealkylation sites (tertiary alicyclic amines) is 1. The van der Waals surface area contributed by atoms with Gasteiger partial charge >= 0.3 is 6.03 Å². The molecule has 2 aliphatic heterocycles. The van der Waals surface area contributed by atoms with E-state index in [1.807, 2.05) is 20.8 Å². The van der Waals surface area contributed by atoms with Crippen molar-refractivity contribution in [1.82, 2.24) is 25.8 Å². The van der Waals surface area contributed by atoms with E-state index in [0.29, 0.717) is 31.9 Å². The minimum Gasteiger partial charge on any atom is -0.373 e. The number of rotatable bonds is 12. The number of carbonyl (C=O) groups excluding carboxylic acids is 5. The summed E-state index contributed by atoms with van der Waals surface area (Å²) in [5.74, 6) is -1.97. The molecule has 0 bridgehead atoms. The van der Waals surface area contributed by atoms with Crippen molar-refractivity contribution in [3.05, 3.63) is 0 Å². The highest BCUT2D eigenvalue weighted by molar-refractivity contribution is 6.37. The first-order chi connectivity index (χ1) is 24.8. The molecular formula is C41H68N6O6. The number of primary amides is 1. The van der Waals surface area contributed by atoms with E-state index >= 15 is 0 Å². The number of morpholine rings is 1. The minimum atomic E-state index is -1.06. The maximum absolute atomic E-state index is 15.0. The second-order valence-corrected chi connectivity index (χ2v) is 19.9. The molecule has 12 nitrogen and oxygen atoms in total. The fraction of sp³-hybridized carbons (Fsp3) is 0.878. The van der Waals surface area contributed by atoms with E-state index in [2.05, 4.69) is 48.5 Å². The van der Waals surface area contributed by atoms with Gasteiger partial charge in [-0.15, -0.1) is 0 Å². The lowest BCUT2D eigenvalue weighted by Crippen LogP contribution is -2.62. The number of hydrogen-bond acceptors (Lipinski definition) is 7. The van der Waals surface area contributed by atoms with Crippen molar-refractivity contribution in [3.63, 3.8) is 0 Å². The molecule has 5 N–H and O–H groups in total. The van der Waals surface area contributed by atoms with Gasteiger partial charge in [0.2, 0.25) is 17.6 Å². The molecular weight excluding hydrogens is 672 g/mol. The lowest BCUT2D eigenvalue weighted by molar-refractivity contribution is -0.143. The van der Waals surface area contributed by atoms with Crippen LogP contribution < -0.4 is 21.7 Å². The third kappa shape index (κ3) is 7.61. The molecule has 12 heteroatoms. The number of Topliss-reactive ketones (excluding diaryl/α,β-unsaturated/α-hetero) is 1. The molecule has 6 fully saturated rings. The minimum absolute atomic E-state index is 0.0608. The Morgan fingerprint density at radius 2 is 1.53 bits per heavy atom. The summed E-state index contributed by atoms with van der Waals surface area (Å²) in [6, 6.07) is -3.19. The van der Waals surface area contributed by atoms with E-state index in [1.165, 1.54) is 6.42 Å². The summed E-state index contributed by atoms with van der Waals surface area (Å²) >= 11 is 0. The molecule has 2 heterocycles. The van der Waals surface area contributed by atoms with Crippen LogP contribution in [0.5, 0.6) is 0 Å². The molecule has 4 aliphatic carbocycles. The van der Waals surface area contributed by atoms with E-state index in [1.54, 1.807) is 4.90 Å². The number of hydrogen-bond donors (Lipinski definition) is 4. The van der Waals surface area contributed by atoms with Crippen molar-refractivity contribution in [3.8, 4) is 0 Å². The molecule has 0 aromatic carbocycles. The number of carbonyl (C=O) groups is 5. The molecule has 298 valence electrons. The maximum Gasteiger partial charge on any atom is 0.315 e. The number of fused-ring (bicyclic) bond motifs is 1. The third-order valence-corrected chi connectivity index (χ3v) is 15.0. The summed E-state index contributed by atoms with van der Waals surface area (Å²) in [6.07, 6.45) is 12.7. The molecule has 1 unspecified atom stereocenters. The van der Waals surface area contributed by atoms with Gasteiger partial charge < -0.3 is 31.3 Å². The van der Waals surface area contributed by atoms with Gasteiger partial charge in [0.15, 0.2) is 0 Å². The van der Waals surface area contributed by atoms with Crippen LogP contribution >= 0.6 is 0 Å². The van der Waals surface area contributed by atoms with Gasteiger partial charge in [0.1, 0.15) is 12.1 Å². The number of nitrogens with zero attached hydrogens (tertiary/aromatic N) is 2. The second kappa shape index (κ2) is 14.7. The first-order valence-corrected chi connectivity index (χ1v) is 20.7. The second-order valence-electron chi connectivity index (χ2n) is 19.9. The Kier molecular flexibility index (Phi) is 11.1. The van der Waals surface area contributed by atoms with Crippen LogP contribution in [0.4, 0.5) is 4.79 Å². The van der Waals surface area contributed by atoms with Crippen LogP contribution in [0.2, 0.25) is 0 Å². The van der Waals surface area contributed by atoms with Crippen molar-refractivity contribution >= 4 is 29.5 Å². The van der Waals surface area contributed by atoms with Crippen molar-refractivity contribution in [2.75, 3.05) is 32.8 Å². The number of amides is 5. The molecule has 5 amide bonds. The summed E-state index contributed by atoms with van der Waals surface area (Å²) in [4.78, 5) is 72.5. The van der Waals surface area contributed by atoms with Crippen molar-refractivity contribution < 1.29 is 28.7 Å². The smallest absolute Gasteiger partial charge is 0.315 e. The van der Waals surface area contributed by atoms with E-state index in [0.717, 1.165) is 83.8 Å². The normalized spacial score (nSPS) is 29.7. The summed E-state index contributed by atoms with van der Waals surface area (Å²) in [5, 5.41) is 9.36. The van der Waals surface area contributed by atoms with Gasteiger partial charge in [-0.2, -0.15) is 0 Å². The van der Waals surface area contributed by atoms with Crippen LogP contribution in [0.1, 0.15) is 132 Å². The van der Waals surface area contributed by atoms with Crippen LogP contribution in [-0.4, -0.2) is 102 Å². The van der Waals surface area contributed by atoms with Crippen LogP contribution in [-0.2, 0) is 23.9 Å². The predicted octanol–water partition coefficient (Wildman–Crippen LogP) is 4.29. The first kappa shape index (κ1) is 39.9. The highest BCUT2D eigenvalue weighted by Crippen LogP contribution is 2.88. The zero-order chi connectivity index (χ0) is 38.6. The standard InChI is InChI=1S/C41H68N6O6/c1-37(2,3)32(45-36(52)44-29(27-15-9-8-10-16-27)23-46-19-20-53-38(4,5)24-46)35(51)47-25-41(39(6,7)40(41)17-12-18-40)22-30(47)34(50)43-28(31(48)33(42)49)21-26-13-11-14-26/h26-30,32H,8-25H2,1-7H3,(H2,42,49)(H,43,50)(H2,44,45,52)/t28?,29-,30+,32-,41-/m1/s1. The number of nitrogens with two attached hydrogens (primary N) is 1. The van der Waals surface area contributed by atoms with Crippen LogP contribution in [0.25, 0.3) is 0 Å². The Bertz CT molecular complexity index is 1430. The average Bonchev–Trinajstić information content (AvgIpc) is 3.25. The zero-order valence-electron chi connectivity index (χ0n) is 33.6. The van der Waals surface area contributed by atoms with Crippen LogP contribution in [0, 0.1) is 33.5 Å². The van der Waals surface area contributed by atoms with Gasteiger partial charge in [-0.25, -0.2) is 4.79 Å². The fourth-order valence-corrected chi connectivity index (χ4v) is 11.3. The summed E-state index contributed by atoms with van der Waals surface area (Å²) < 4.78 is 5.97. The lowest BCUT2D eigenvalue weighted by atomic mass is 9.73. The molecule has 0 aromatic rings. The zero-order valence-corrected chi connectivity index (χ0v) is 33.6. The van der Waals surface area contributed by atoms with Gasteiger partial charge in [0.05, 0.1) is 18.2 Å². The highest BCUT2D eigenvalue weighted by atomic mass is 16.5. The van der Waals surface area contributed by atoms with Gasteiger partial charge in [-0.1, -0.05) is 79.6 Å². The molecule has 6 aliphatic rings. The SMILES string of the molecule is CC1(C)CN(C[C@@H](NC(=O)N[C@H](C(=O)N2C[C@]3(C[C@H]2C(=O)NC(CC2CCC2)C(=O)C(N)=O)C(C)(C)C32CCC2)C(C)(C)C)C2CCCCC2)CCO1. The number of ketones is 1. The monoisotopic (exact) mass is 741 g/mol. The Labute approximate surface area is 317 Å². The van der Waals surface area contributed by atoms with Gasteiger partial charge in [-0.3, -0.25) is 24.1 Å². The Hall–Kier alpha value is -2.73. The van der Waals surface area contributed by atoms with E-state index in [9.17, 15) is 24.0 Å². The summed E-state index contributed by atoms with van der Waals surface area (Å²) in [7, 11) is 0. The molecule has 2 spiro atoms. The average molecular weight is 741 g/mol. The van der Waals surface area contributed by atoms with E-state index in [-0.39, 0.29) is 45.7 Å². The fourth-order valence-electron chi connectivity index (χ4n) is 11.3. The summed E-state index contributed by atoms with van der Waals surface area (Å²) in [6.45, 7) is 17.9. The van der Waals surface area contributed by atoms with Crippen LogP contribution in [0.3, 0.4) is 0 Å². The van der Waals surface area contributed by atoms with Crippen molar-refractivity contribution in [1.29, 1.82) is 0 Å². The summed E-state index contributed by atoms with van der Waals surface area (Å²) in [5.41, 5.74) is 4.28.